The number of carbonyl (C=O) groups is 1. The van der Waals surface area contributed by atoms with Crippen molar-refractivity contribution in [3.63, 3.8) is 0 Å². The highest BCUT2D eigenvalue weighted by Crippen LogP contribution is 2.50. The summed E-state index contributed by atoms with van der Waals surface area (Å²) in [6, 6.07) is 16.3. The Hall–Kier alpha value is -3.52. The average Bonchev–Trinajstić information content (AvgIpc) is 3.18. The lowest BCUT2D eigenvalue weighted by molar-refractivity contribution is -0.121. The number of imidazole rings is 1. The van der Waals surface area contributed by atoms with Crippen molar-refractivity contribution in [2.24, 2.45) is 11.8 Å². The lowest BCUT2D eigenvalue weighted by Crippen LogP contribution is -2.45. The topological polar surface area (TPSA) is 71.6 Å². The highest BCUT2D eigenvalue weighted by molar-refractivity contribution is 6.02. The van der Waals surface area contributed by atoms with E-state index in [0.717, 1.165) is 41.3 Å². The first-order valence-corrected chi connectivity index (χ1v) is 10.3. The molecule has 0 unspecified atom stereocenters. The normalized spacial score (nSPS) is 25.1. The van der Waals surface area contributed by atoms with Gasteiger partial charge in [0.15, 0.2) is 5.78 Å². The molecule has 1 aromatic carbocycles. The van der Waals surface area contributed by atoms with Gasteiger partial charge in [-0.05, 0) is 43.0 Å². The third-order valence-electron chi connectivity index (χ3n) is 6.75. The van der Waals surface area contributed by atoms with Crippen molar-refractivity contribution in [2.45, 2.75) is 32.1 Å². The molecule has 2 aliphatic carbocycles. The molecule has 148 valence electrons. The molecular formula is C25H22N4O. The molecule has 0 bridgehead atoms. The van der Waals surface area contributed by atoms with Gasteiger partial charge in [-0.3, -0.25) is 14.3 Å². The van der Waals surface area contributed by atoms with Gasteiger partial charge in [-0.15, -0.1) is 0 Å². The second-order valence-electron chi connectivity index (χ2n) is 8.39. The maximum atomic E-state index is 12.7. The molecule has 0 N–H and O–H groups in total. The Bertz CT molecular complexity index is 1200. The standard InChI is InChI=1S/C25H22N4O/c1-16-20-8-9-21-23(25(20,2)14-18(15-26)22(16)30)28-24(17-10-12-27-13-11-17)29(21)19-6-4-3-5-7-19/h3-7,10-14,16,20H,8-9H2,1-2H3/t16-,20-,25-/m0/s1. The number of ketones is 1. The number of benzene rings is 1. The van der Waals surface area contributed by atoms with Gasteiger partial charge in [0, 0.05) is 40.7 Å². The summed E-state index contributed by atoms with van der Waals surface area (Å²) >= 11 is 0. The van der Waals surface area contributed by atoms with Gasteiger partial charge in [-0.2, -0.15) is 5.26 Å². The van der Waals surface area contributed by atoms with Crippen LogP contribution in [0.3, 0.4) is 0 Å². The van der Waals surface area contributed by atoms with Crippen molar-refractivity contribution >= 4 is 5.78 Å². The molecule has 0 amide bonds. The first-order valence-electron chi connectivity index (χ1n) is 10.3. The number of fused-ring (bicyclic) bond motifs is 3. The maximum absolute atomic E-state index is 12.7. The van der Waals surface area contributed by atoms with Crippen molar-refractivity contribution in [2.75, 3.05) is 0 Å². The highest BCUT2D eigenvalue weighted by atomic mass is 16.1. The quantitative estimate of drug-likeness (QED) is 0.645. The van der Waals surface area contributed by atoms with E-state index in [1.165, 1.54) is 0 Å². The van der Waals surface area contributed by atoms with Gasteiger partial charge in [0.25, 0.3) is 0 Å². The van der Waals surface area contributed by atoms with Gasteiger partial charge in [-0.1, -0.05) is 38.1 Å². The fourth-order valence-corrected chi connectivity index (χ4v) is 5.26. The summed E-state index contributed by atoms with van der Waals surface area (Å²) in [7, 11) is 0. The molecule has 30 heavy (non-hydrogen) atoms. The zero-order valence-corrected chi connectivity index (χ0v) is 17.0. The fourth-order valence-electron chi connectivity index (χ4n) is 5.26. The zero-order valence-electron chi connectivity index (χ0n) is 17.0. The van der Waals surface area contributed by atoms with Crippen LogP contribution in [-0.4, -0.2) is 20.3 Å². The molecular weight excluding hydrogens is 372 g/mol. The summed E-state index contributed by atoms with van der Waals surface area (Å²) in [4.78, 5) is 22.0. The molecule has 2 aromatic heterocycles. The summed E-state index contributed by atoms with van der Waals surface area (Å²) in [6.07, 6.45) is 7.16. The number of aromatic nitrogens is 3. The predicted molar refractivity (Wildman–Crippen MR) is 114 cm³/mol. The van der Waals surface area contributed by atoms with Crippen LogP contribution in [0, 0.1) is 23.2 Å². The minimum atomic E-state index is -0.451. The molecule has 5 nitrogen and oxygen atoms in total. The van der Waals surface area contributed by atoms with Crippen molar-refractivity contribution in [1.82, 2.24) is 14.5 Å². The number of hydrogen-bond acceptors (Lipinski definition) is 4. The molecule has 0 aliphatic heterocycles. The molecule has 3 atom stereocenters. The summed E-state index contributed by atoms with van der Waals surface area (Å²) in [5, 5.41) is 9.58. The summed E-state index contributed by atoms with van der Waals surface area (Å²) in [5.41, 5.74) is 3.99. The van der Waals surface area contributed by atoms with E-state index in [2.05, 4.69) is 34.7 Å². The van der Waals surface area contributed by atoms with Crippen molar-refractivity contribution in [3.8, 4) is 23.1 Å². The minimum Gasteiger partial charge on any atom is -0.296 e. The first kappa shape index (κ1) is 18.5. The van der Waals surface area contributed by atoms with Crippen LogP contribution < -0.4 is 0 Å². The van der Waals surface area contributed by atoms with E-state index in [1.54, 1.807) is 12.4 Å². The van der Waals surface area contributed by atoms with Crippen LogP contribution in [0.2, 0.25) is 0 Å². The third-order valence-corrected chi connectivity index (χ3v) is 6.75. The molecule has 0 spiro atoms. The monoisotopic (exact) mass is 394 g/mol. The molecule has 0 saturated carbocycles. The Morgan fingerprint density at radius 2 is 1.90 bits per heavy atom. The molecule has 2 heterocycles. The smallest absolute Gasteiger partial charge is 0.176 e. The molecule has 3 aromatic rings. The van der Waals surface area contributed by atoms with E-state index < -0.39 is 5.41 Å². The zero-order chi connectivity index (χ0) is 20.9. The molecule has 0 saturated heterocycles. The maximum Gasteiger partial charge on any atom is 0.176 e. The number of carbonyl (C=O) groups excluding carboxylic acids is 1. The van der Waals surface area contributed by atoms with Gasteiger partial charge in [-0.25, -0.2) is 4.98 Å². The van der Waals surface area contributed by atoms with E-state index >= 15 is 0 Å². The van der Waals surface area contributed by atoms with Gasteiger partial charge < -0.3 is 0 Å². The number of rotatable bonds is 2. The number of pyridine rings is 1. The van der Waals surface area contributed by atoms with Crippen molar-refractivity contribution in [1.29, 1.82) is 5.26 Å². The second kappa shape index (κ2) is 6.77. The average molecular weight is 394 g/mol. The van der Waals surface area contributed by atoms with Crippen molar-refractivity contribution < 1.29 is 4.79 Å². The molecule has 0 radical (unpaired) electrons. The molecule has 5 heteroatoms. The Kier molecular flexibility index (Phi) is 4.18. The summed E-state index contributed by atoms with van der Waals surface area (Å²) < 4.78 is 2.23. The Balaban J connectivity index is 1.80. The van der Waals surface area contributed by atoms with Gasteiger partial charge in [0.2, 0.25) is 0 Å². The number of allylic oxidation sites excluding steroid dienone is 2. The van der Waals surface area contributed by atoms with E-state index in [1.807, 2.05) is 43.3 Å². The summed E-state index contributed by atoms with van der Waals surface area (Å²) in [5.74, 6) is 0.778. The van der Waals surface area contributed by atoms with Gasteiger partial charge >= 0.3 is 0 Å². The third kappa shape index (κ3) is 2.57. The van der Waals surface area contributed by atoms with Crippen LogP contribution in [-0.2, 0) is 16.6 Å². The van der Waals surface area contributed by atoms with Crippen LogP contribution in [0.25, 0.3) is 17.1 Å². The Morgan fingerprint density at radius 3 is 2.60 bits per heavy atom. The molecule has 0 fully saturated rings. The lowest BCUT2D eigenvalue weighted by Gasteiger charge is -2.44. The number of Topliss-reactive ketones (excluding diaryl/α,β-unsaturated/α-hetero) is 1. The van der Waals surface area contributed by atoms with Crippen LogP contribution in [0.1, 0.15) is 31.7 Å². The van der Waals surface area contributed by atoms with Crippen LogP contribution in [0.15, 0.2) is 66.5 Å². The second-order valence-corrected chi connectivity index (χ2v) is 8.39. The van der Waals surface area contributed by atoms with E-state index in [4.69, 9.17) is 4.98 Å². The van der Waals surface area contributed by atoms with E-state index in [9.17, 15) is 10.1 Å². The lowest BCUT2D eigenvalue weighted by atomic mass is 9.58. The SMILES string of the molecule is C[C@@H]1C(=O)C(C#N)=C[C@]2(C)c3nc(-c4ccncc4)n(-c4ccccc4)c3CC[C@@H]12. The van der Waals surface area contributed by atoms with E-state index in [0.29, 0.717) is 0 Å². The van der Waals surface area contributed by atoms with Gasteiger partial charge in [0.1, 0.15) is 11.9 Å². The first-order chi connectivity index (χ1) is 14.5. The van der Waals surface area contributed by atoms with Crippen LogP contribution in [0.5, 0.6) is 0 Å². The number of nitrogens with zero attached hydrogens (tertiary/aromatic N) is 4. The Morgan fingerprint density at radius 1 is 1.17 bits per heavy atom. The van der Waals surface area contributed by atoms with Gasteiger partial charge in [0.05, 0.1) is 11.3 Å². The van der Waals surface area contributed by atoms with Crippen LogP contribution in [0.4, 0.5) is 0 Å². The van der Waals surface area contributed by atoms with Crippen molar-refractivity contribution in [3.05, 3.63) is 77.9 Å². The molecule has 5 rings (SSSR count). The number of hydrogen-bond donors (Lipinski definition) is 0. The predicted octanol–water partition coefficient (Wildman–Crippen LogP) is 4.42. The van der Waals surface area contributed by atoms with E-state index in [-0.39, 0.29) is 23.2 Å². The Labute approximate surface area is 175 Å². The fraction of sp³-hybridized carbons (Fsp3) is 0.280. The largest absolute Gasteiger partial charge is 0.296 e. The minimum absolute atomic E-state index is 0.0414. The number of nitriles is 1. The summed E-state index contributed by atoms with van der Waals surface area (Å²) in [6.45, 7) is 4.09. The van der Waals surface area contributed by atoms with Crippen LogP contribution >= 0.6 is 0 Å². The highest BCUT2D eigenvalue weighted by Gasteiger charge is 2.50. The number of para-hydroxylation sites is 1. The molecule has 2 aliphatic rings.